The van der Waals surface area contributed by atoms with Gasteiger partial charge < -0.3 is 64.3 Å². The average Bonchev–Trinajstić information content (AvgIpc) is 4.35. The molecule has 1 atom stereocenters. The van der Waals surface area contributed by atoms with Crippen molar-refractivity contribution in [1.82, 2.24) is 30.0 Å². The van der Waals surface area contributed by atoms with Crippen LogP contribution in [-0.2, 0) is 38.1 Å². The second-order valence-corrected chi connectivity index (χ2v) is 19.7. The zero-order chi connectivity index (χ0) is 53.3. The number of rotatable bonds is 23. The van der Waals surface area contributed by atoms with Crippen LogP contribution in [0.3, 0.4) is 0 Å². The van der Waals surface area contributed by atoms with E-state index in [-0.39, 0.29) is 88.7 Å². The van der Waals surface area contributed by atoms with Crippen molar-refractivity contribution in [2.75, 3.05) is 121 Å². The van der Waals surface area contributed by atoms with Crippen LogP contribution in [0.25, 0.3) is 31.9 Å². The third-order valence-electron chi connectivity index (χ3n) is 13.2. The quantitative estimate of drug-likeness (QED) is 0.0216. The van der Waals surface area contributed by atoms with Crippen LogP contribution >= 0.6 is 22.9 Å². The van der Waals surface area contributed by atoms with E-state index in [1.807, 2.05) is 19.4 Å². The number of aromatic nitrogens is 2. The fourth-order valence-electron chi connectivity index (χ4n) is 9.17. The number of ether oxygens (including phenoxy) is 5. The lowest BCUT2D eigenvalue weighted by atomic mass is 9.97. The lowest BCUT2D eigenvalue weighted by molar-refractivity contribution is -0.137. The topological polar surface area (TPSA) is 246 Å². The van der Waals surface area contributed by atoms with Crippen molar-refractivity contribution < 1.29 is 57.2 Å². The number of thiophene rings is 1. The Kier molecular flexibility index (Phi) is 17.4. The predicted octanol–water partition coefficient (Wildman–Crippen LogP) is 5.94. The Morgan fingerprint density at radius 1 is 0.750 bits per heavy atom. The first-order valence-corrected chi connectivity index (χ1v) is 26.3. The summed E-state index contributed by atoms with van der Waals surface area (Å²) in [4.78, 5) is 102. The molecule has 0 bridgehead atoms. The highest BCUT2D eigenvalue weighted by Crippen LogP contribution is 2.49. The fraction of sp³-hybridized carbons (Fsp3) is 0.377. The standard InChI is InChI=1S/C53H58ClN9O12S/c1-32-30-76-50-43(75-53(70)61-15-13-60(2)14-16-61)27-42-49(48(32)50)35(28-54)29-63(42)52(69)41-26-34-24-37(4-6-39(34)59-41)57-51(68)40-25-33-23-36(3-5-38(33)58-40)56-45(65)10-17-71-19-20-72-21-22-74-31-73-18-11-55-44(64)9-12-62-46(66)7-8-47(62)67/h3-8,23-27,30,35,58-59H,9-22,28-29,31H2,1-2H3,(H,55,64)(H,56,65)(H,57,68)/t35-/m0/s1. The van der Waals surface area contributed by atoms with Gasteiger partial charge in [-0.05, 0) is 79.0 Å². The molecule has 0 unspecified atom stereocenters. The number of nitrogens with one attached hydrogen (secondary N) is 5. The van der Waals surface area contributed by atoms with E-state index in [0.29, 0.717) is 89.3 Å². The number of carbonyl (C=O) groups is 7. The molecule has 5 N–H and O–H groups in total. The highest BCUT2D eigenvalue weighted by molar-refractivity contribution is 7.17. The number of piperazine rings is 1. The maximum Gasteiger partial charge on any atom is 0.415 e. The van der Waals surface area contributed by atoms with Crippen LogP contribution in [0.1, 0.15) is 50.9 Å². The Morgan fingerprint density at radius 2 is 1.39 bits per heavy atom. The molecule has 9 rings (SSSR count). The third kappa shape index (κ3) is 12.7. The van der Waals surface area contributed by atoms with Crippen molar-refractivity contribution >= 4 is 113 Å². The number of alkyl halides is 1. The molecule has 0 radical (unpaired) electrons. The number of halogens is 1. The molecular weight excluding hydrogens is 1020 g/mol. The zero-order valence-corrected chi connectivity index (χ0v) is 43.6. The van der Waals surface area contributed by atoms with Crippen molar-refractivity contribution in [3.05, 3.63) is 94.6 Å². The van der Waals surface area contributed by atoms with E-state index >= 15 is 0 Å². The first kappa shape index (κ1) is 53.6. The molecule has 23 heteroatoms. The van der Waals surface area contributed by atoms with Crippen molar-refractivity contribution in [3.8, 4) is 5.75 Å². The van der Waals surface area contributed by atoms with E-state index < -0.39 is 17.9 Å². The van der Waals surface area contributed by atoms with Crippen molar-refractivity contribution in [3.63, 3.8) is 0 Å². The first-order valence-electron chi connectivity index (χ1n) is 24.9. The molecule has 1 saturated heterocycles. The molecule has 3 aromatic carbocycles. The van der Waals surface area contributed by atoms with Gasteiger partial charge in [0.25, 0.3) is 23.6 Å². The van der Waals surface area contributed by atoms with Gasteiger partial charge in [-0.1, -0.05) is 0 Å². The number of anilines is 3. The summed E-state index contributed by atoms with van der Waals surface area (Å²) >= 11 is 8.08. The van der Waals surface area contributed by atoms with Crippen molar-refractivity contribution in [2.45, 2.75) is 25.7 Å². The molecule has 0 aliphatic carbocycles. The first-order chi connectivity index (χ1) is 36.8. The summed E-state index contributed by atoms with van der Waals surface area (Å²) in [5.74, 6) is -1.47. The van der Waals surface area contributed by atoms with Gasteiger partial charge in [-0.2, -0.15) is 0 Å². The SMILES string of the molecule is Cc1csc2c(OC(=O)N3CCN(C)CC3)cc3c(c12)[C@@H](CCl)CN3C(=O)c1cc2cc(NC(=O)c3cc4cc(NC(=O)CCOCCOCCOCOCCNC(=O)CCN5C(=O)C=CC5=O)ccc4[nH]3)ccc2[nH]1. The van der Waals surface area contributed by atoms with Crippen molar-refractivity contribution in [2.24, 2.45) is 0 Å². The van der Waals surface area contributed by atoms with Gasteiger partial charge in [-0.3, -0.25) is 33.7 Å². The molecule has 7 amide bonds. The number of carbonyl (C=O) groups excluding carboxylic acids is 7. The van der Waals surface area contributed by atoms with Crippen LogP contribution in [0.2, 0.25) is 0 Å². The Labute approximate surface area is 445 Å². The minimum Gasteiger partial charge on any atom is -0.409 e. The third-order valence-corrected chi connectivity index (χ3v) is 14.7. The number of likely N-dealkylation sites (N-methyl/N-ethyl adjacent to an activating group) is 1. The average molecular weight is 1080 g/mol. The summed E-state index contributed by atoms with van der Waals surface area (Å²) < 4.78 is 28.6. The summed E-state index contributed by atoms with van der Waals surface area (Å²) in [5.41, 5.74) is 5.79. The fourth-order valence-corrected chi connectivity index (χ4v) is 10.4. The molecule has 76 heavy (non-hydrogen) atoms. The molecule has 0 saturated carbocycles. The van der Waals surface area contributed by atoms with Crippen LogP contribution in [0.15, 0.2) is 72.1 Å². The van der Waals surface area contributed by atoms with E-state index in [0.717, 1.165) is 44.6 Å². The summed E-state index contributed by atoms with van der Waals surface area (Å²) in [6.45, 7) is 6.87. The van der Waals surface area contributed by atoms with Gasteiger partial charge in [-0.25, -0.2) is 4.79 Å². The van der Waals surface area contributed by atoms with E-state index in [9.17, 15) is 33.6 Å². The van der Waals surface area contributed by atoms with Gasteiger partial charge in [0, 0.05) is 121 Å². The van der Waals surface area contributed by atoms with Crippen LogP contribution in [0.4, 0.5) is 21.9 Å². The number of imide groups is 1. The number of aryl methyl sites for hydroxylation is 1. The number of hydrogen-bond donors (Lipinski definition) is 5. The number of benzene rings is 3. The molecule has 400 valence electrons. The van der Waals surface area contributed by atoms with Gasteiger partial charge in [0.1, 0.15) is 18.2 Å². The molecule has 1 fully saturated rings. The van der Waals surface area contributed by atoms with Crippen LogP contribution in [-0.4, -0.2) is 171 Å². The molecule has 3 aliphatic heterocycles. The maximum absolute atomic E-state index is 14.4. The van der Waals surface area contributed by atoms with Crippen LogP contribution in [0, 0.1) is 6.92 Å². The Hall–Kier alpha value is -7.18. The highest BCUT2D eigenvalue weighted by Gasteiger charge is 2.37. The minimum absolute atomic E-state index is 0.00570. The normalized spacial score (nSPS) is 15.6. The van der Waals surface area contributed by atoms with Gasteiger partial charge in [-0.15, -0.1) is 22.9 Å². The number of hydrogen-bond acceptors (Lipinski definition) is 14. The van der Waals surface area contributed by atoms with E-state index in [1.165, 1.54) is 23.5 Å². The zero-order valence-electron chi connectivity index (χ0n) is 42.0. The highest BCUT2D eigenvalue weighted by atomic mass is 35.5. The summed E-state index contributed by atoms with van der Waals surface area (Å²) in [7, 11) is 2.02. The number of amides is 7. The maximum atomic E-state index is 14.4. The molecule has 0 spiro atoms. The lowest BCUT2D eigenvalue weighted by Crippen LogP contribution is -2.48. The Balaban J connectivity index is 0.697. The Bertz CT molecular complexity index is 3180. The van der Waals surface area contributed by atoms with Gasteiger partial charge in [0.2, 0.25) is 11.8 Å². The molecule has 3 aliphatic rings. The predicted molar refractivity (Wildman–Crippen MR) is 286 cm³/mol. The molecule has 21 nitrogen and oxygen atoms in total. The lowest BCUT2D eigenvalue weighted by Gasteiger charge is -2.31. The molecule has 6 heterocycles. The molecule has 3 aromatic heterocycles. The largest absolute Gasteiger partial charge is 0.415 e. The number of fused-ring (bicyclic) bond motifs is 5. The van der Waals surface area contributed by atoms with Gasteiger partial charge >= 0.3 is 6.09 Å². The van der Waals surface area contributed by atoms with E-state index in [2.05, 4.69) is 30.8 Å². The van der Waals surface area contributed by atoms with E-state index in [4.69, 9.17) is 35.3 Å². The smallest absolute Gasteiger partial charge is 0.409 e. The van der Waals surface area contributed by atoms with Crippen LogP contribution < -0.4 is 25.6 Å². The second-order valence-electron chi connectivity index (χ2n) is 18.5. The number of nitrogens with zero attached hydrogens (tertiary/aromatic N) is 4. The van der Waals surface area contributed by atoms with Crippen LogP contribution in [0.5, 0.6) is 5.75 Å². The summed E-state index contributed by atoms with van der Waals surface area (Å²) in [6, 6.07) is 15.9. The molecular formula is C53H58ClN9O12S. The Morgan fingerprint density at radius 3 is 2.11 bits per heavy atom. The summed E-state index contributed by atoms with van der Waals surface area (Å²) in [6.07, 6.45) is 2.06. The molecule has 6 aromatic rings. The monoisotopic (exact) mass is 1080 g/mol. The van der Waals surface area contributed by atoms with Gasteiger partial charge in [0.15, 0.2) is 5.75 Å². The second kappa shape index (κ2) is 24.7. The number of H-pyrrole nitrogens is 2. The van der Waals surface area contributed by atoms with E-state index in [1.54, 1.807) is 64.4 Å². The minimum atomic E-state index is -0.426. The summed E-state index contributed by atoms with van der Waals surface area (Å²) in [5, 5.41) is 12.9. The van der Waals surface area contributed by atoms with Crippen molar-refractivity contribution in [1.29, 1.82) is 0 Å². The number of aromatic amines is 2. The van der Waals surface area contributed by atoms with Gasteiger partial charge in [0.05, 0.1) is 56.4 Å².